The fraction of sp³-hybridized carbons (Fsp3) is 0.455. The van der Waals surface area contributed by atoms with Gasteiger partial charge >= 0.3 is 12.1 Å². The highest BCUT2D eigenvalue weighted by Crippen LogP contribution is 2.47. The zero-order chi connectivity index (χ0) is 28.8. The summed E-state index contributed by atoms with van der Waals surface area (Å²) in [6, 6.07) is 20.7. The van der Waals surface area contributed by atoms with E-state index >= 15 is 0 Å². The maximum atomic E-state index is 13.3. The molecule has 6 nitrogen and oxygen atoms in total. The van der Waals surface area contributed by atoms with Crippen LogP contribution < -0.4 is 10.4 Å². The largest absolute Gasteiger partial charge is 0.449 e. The molecule has 1 aliphatic carbocycles. The summed E-state index contributed by atoms with van der Waals surface area (Å²) in [4.78, 5) is 27.8. The van der Waals surface area contributed by atoms with E-state index in [-0.39, 0.29) is 29.2 Å². The Morgan fingerprint density at radius 3 is 2.12 bits per heavy atom. The first kappa shape index (κ1) is 28.4. The van der Waals surface area contributed by atoms with Gasteiger partial charge in [0.25, 0.3) is 8.32 Å². The van der Waals surface area contributed by atoms with Crippen molar-refractivity contribution in [3.63, 3.8) is 0 Å². The molecule has 0 N–H and O–H groups in total. The third kappa shape index (κ3) is 5.05. The molecule has 5 rings (SSSR count). The molecule has 7 heteroatoms. The number of hydrogen-bond acceptors (Lipinski definition) is 5. The molecule has 1 saturated heterocycles. The predicted octanol–water partition coefficient (Wildman–Crippen LogP) is 5.51. The second-order valence-corrected chi connectivity index (χ2v) is 17.4. The Bertz CT molecular complexity index is 1270. The minimum Gasteiger partial charge on any atom is -0.449 e. The molecule has 2 aliphatic heterocycles. The molecule has 0 radical (unpaired) electrons. The zero-order valence-electron chi connectivity index (χ0n) is 24.5. The van der Waals surface area contributed by atoms with Crippen LogP contribution in [0.5, 0.6) is 0 Å². The van der Waals surface area contributed by atoms with Crippen LogP contribution in [0.1, 0.15) is 60.8 Å². The summed E-state index contributed by atoms with van der Waals surface area (Å²) in [7, 11) is -2.86. The number of rotatable bonds is 5. The van der Waals surface area contributed by atoms with Crippen molar-refractivity contribution in [2.45, 2.75) is 89.2 Å². The molecule has 1 amide bonds. The van der Waals surface area contributed by atoms with E-state index in [2.05, 4.69) is 75.4 Å². The first-order valence-corrected chi connectivity index (χ1v) is 16.2. The van der Waals surface area contributed by atoms with Crippen LogP contribution in [-0.2, 0) is 18.7 Å². The number of ether oxygens (including phenoxy) is 2. The fourth-order valence-corrected chi connectivity index (χ4v) is 11.3. The molecule has 0 bridgehead atoms. The molecule has 40 heavy (non-hydrogen) atoms. The number of hydrogen-bond donors (Lipinski definition) is 0. The van der Waals surface area contributed by atoms with Gasteiger partial charge in [-0.2, -0.15) is 0 Å². The van der Waals surface area contributed by atoms with Crippen molar-refractivity contribution in [3.05, 3.63) is 84.5 Å². The van der Waals surface area contributed by atoms with Gasteiger partial charge in [0.15, 0.2) is 5.60 Å². The van der Waals surface area contributed by atoms with Crippen molar-refractivity contribution in [2.24, 2.45) is 0 Å². The van der Waals surface area contributed by atoms with Gasteiger partial charge in [0, 0.05) is 24.6 Å². The second-order valence-electron chi connectivity index (χ2n) is 13.1. The quantitative estimate of drug-likeness (QED) is 0.357. The third-order valence-electron chi connectivity index (χ3n) is 8.20. The lowest BCUT2D eigenvalue weighted by molar-refractivity contribution is -0.153. The van der Waals surface area contributed by atoms with Gasteiger partial charge in [-0.15, -0.1) is 0 Å². The zero-order valence-corrected chi connectivity index (χ0v) is 25.5. The Balaban J connectivity index is 1.55. The summed E-state index contributed by atoms with van der Waals surface area (Å²) in [6.07, 6.45) is 6.91. The normalized spacial score (nSPS) is 24.9. The summed E-state index contributed by atoms with van der Waals surface area (Å²) in [6.45, 7) is 12.9. The third-order valence-corrected chi connectivity index (χ3v) is 13.3. The lowest BCUT2D eigenvalue weighted by Gasteiger charge is -2.48. The van der Waals surface area contributed by atoms with Crippen molar-refractivity contribution >= 4 is 30.8 Å². The second kappa shape index (κ2) is 10.3. The van der Waals surface area contributed by atoms with E-state index in [0.717, 1.165) is 18.4 Å². The van der Waals surface area contributed by atoms with Crippen LogP contribution in [0.3, 0.4) is 0 Å². The molecule has 0 saturated carbocycles. The summed E-state index contributed by atoms with van der Waals surface area (Å²) in [5, 5.41) is 2.18. The van der Waals surface area contributed by atoms with Crippen molar-refractivity contribution in [1.29, 1.82) is 0 Å². The van der Waals surface area contributed by atoms with Gasteiger partial charge < -0.3 is 18.8 Å². The van der Waals surface area contributed by atoms with E-state index in [9.17, 15) is 9.59 Å². The Morgan fingerprint density at radius 1 is 0.975 bits per heavy atom. The number of nitrogens with zero attached hydrogens (tertiary/aromatic N) is 1. The smallest absolute Gasteiger partial charge is 0.410 e. The van der Waals surface area contributed by atoms with Crippen LogP contribution in [0.15, 0.2) is 84.5 Å². The Kier molecular flexibility index (Phi) is 7.34. The topological polar surface area (TPSA) is 65.1 Å². The number of likely N-dealkylation sites (tertiary alicyclic amines) is 1. The predicted molar refractivity (Wildman–Crippen MR) is 159 cm³/mol. The van der Waals surface area contributed by atoms with Gasteiger partial charge in [-0.05, 0) is 49.0 Å². The molecule has 0 unspecified atom stereocenters. The van der Waals surface area contributed by atoms with E-state index in [4.69, 9.17) is 13.9 Å². The lowest BCUT2D eigenvalue weighted by atomic mass is 9.77. The first-order valence-electron chi connectivity index (χ1n) is 14.3. The average Bonchev–Trinajstić information content (AvgIpc) is 3.51. The van der Waals surface area contributed by atoms with E-state index in [0.29, 0.717) is 13.0 Å². The lowest BCUT2D eigenvalue weighted by Crippen LogP contribution is -2.68. The highest BCUT2D eigenvalue weighted by molar-refractivity contribution is 6.99. The molecule has 3 aliphatic rings. The minimum atomic E-state index is -2.86. The Hall–Kier alpha value is -3.16. The molecule has 2 heterocycles. The van der Waals surface area contributed by atoms with Gasteiger partial charge in [-0.3, -0.25) is 0 Å². The van der Waals surface area contributed by atoms with Crippen LogP contribution in [0.4, 0.5) is 4.79 Å². The number of benzene rings is 2. The van der Waals surface area contributed by atoms with E-state index in [1.54, 1.807) is 11.0 Å². The van der Waals surface area contributed by atoms with Gasteiger partial charge in [0.2, 0.25) is 0 Å². The average molecular weight is 560 g/mol. The van der Waals surface area contributed by atoms with Crippen molar-refractivity contribution < 1.29 is 23.5 Å². The van der Waals surface area contributed by atoms with Crippen LogP contribution in [0.25, 0.3) is 0 Å². The number of carbonyl (C=O) groups excluding carboxylic acids is 2. The molecule has 0 spiro atoms. The number of amides is 1. The van der Waals surface area contributed by atoms with Crippen LogP contribution in [0, 0.1) is 0 Å². The number of fused-ring (bicyclic) bond motifs is 1. The summed E-state index contributed by atoms with van der Waals surface area (Å²) in [5.41, 5.74) is -0.788. The van der Waals surface area contributed by atoms with Crippen molar-refractivity contribution in [2.75, 3.05) is 6.54 Å². The molecule has 0 aromatic heterocycles. The molecule has 1 fully saturated rings. The monoisotopic (exact) mass is 559 g/mol. The number of esters is 1. The van der Waals surface area contributed by atoms with E-state index in [1.807, 2.05) is 39.0 Å². The van der Waals surface area contributed by atoms with Gasteiger partial charge in [0.05, 0.1) is 12.1 Å². The van der Waals surface area contributed by atoms with Gasteiger partial charge in [-0.25, -0.2) is 9.59 Å². The van der Waals surface area contributed by atoms with Crippen LogP contribution >= 0.6 is 0 Å². The summed E-state index contributed by atoms with van der Waals surface area (Å²) in [5.74, 6) is -0.373. The Labute approximate surface area is 239 Å². The molecule has 2 aromatic rings. The first-order chi connectivity index (χ1) is 18.9. The fourth-order valence-electron chi connectivity index (χ4n) is 6.63. The minimum absolute atomic E-state index is 0.199. The molecular formula is C33H41NO5Si. The maximum Gasteiger partial charge on any atom is 0.410 e. The van der Waals surface area contributed by atoms with Gasteiger partial charge in [0.1, 0.15) is 5.60 Å². The van der Waals surface area contributed by atoms with E-state index in [1.165, 1.54) is 10.4 Å². The molecular weight excluding hydrogens is 518 g/mol. The highest BCUT2D eigenvalue weighted by Gasteiger charge is 2.58. The van der Waals surface area contributed by atoms with Crippen LogP contribution in [-0.4, -0.2) is 55.2 Å². The standard InChI is InChI=1S/C33H41NO5Si/c1-31(2,3)38-30(36)34-21-13-18-28(34)33-23-25(20-19-24(33)22-29(35)37-33)39-40(32(4,5)6,26-14-9-7-10-15-26)27-16-11-8-12-17-27/h7-12,14-17,19-20,22,25,28H,13,18,21,23H2,1-6H3/t25-,28+,33-/m0/s1. The number of carbonyl (C=O) groups is 2. The molecule has 3 atom stereocenters. The Morgan fingerprint density at radius 2 is 1.57 bits per heavy atom. The molecule has 2 aromatic carbocycles. The van der Waals surface area contributed by atoms with Crippen molar-refractivity contribution in [1.82, 2.24) is 4.90 Å². The summed E-state index contributed by atoms with van der Waals surface area (Å²) < 4.78 is 19.4. The molecule has 212 valence electrons. The highest BCUT2D eigenvalue weighted by atomic mass is 28.4. The SMILES string of the molecule is CC(C)(C)OC(=O)N1CCC[C@@H]1[C@]12C[C@@H](O[Si](c3ccccc3)(c3ccccc3)C(C)(C)C)C=CC1=CC(=O)O2. The summed E-state index contributed by atoms with van der Waals surface area (Å²) >= 11 is 0. The maximum absolute atomic E-state index is 13.3. The van der Waals surface area contributed by atoms with Crippen molar-refractivity contribution in [3.8, 4) is 0 Å². The van der Waals surface area contributed by atoms with Gasteiger partial charge in [-0.1, -0.05) is 93.6 Å². The van der Waals surface area contributed by atoms with Crippen LogP contribution in [0.2, 0.25) is 5.04 Å². The van der Waals surface area contributed by atoms with E-state index < -0.39 is 19.5 Å².